The standard InChI is InChI=1S/C17H14ClNO/c1-19-11-13(15-8-7-14(18)10-16(15)19)9-17(20)12-5-3-2-4-6-12/h2-8,10-11H,9H2,1H3. The first-order valence-electron chi connectivity index (χ1n) is 6.47. The van der Waals surface area contributed by atoms with E-state index in [1.54, 1.807) is 0 Å². The third-order valence-corrected chi connectivity index (χ3v) is 3.72. The topological polar surface area (TPSA) is 22.0 Å². The number of Topliss-reactive ketones (excluding diaryl/α,β-unsaturated/α-hetero) is 1. The number of aromatic nitrogens is 1. The van der Waals surface area contributed by atoms with Crippen LogP contribution in [0.5, 0.6) is 0 Å². The molecule has 2 nitrogen and oxygen atoms in total. The van der Waals surface area contributed by atoms with Crippen LogP contribution in [-0.2, 0) is 13.5 Å². The molecule has 0 aliphatic heterocycles. The summed E-state index contributed by atoms with van der Waals surface area (Å²) in [5.74, 6) is 0.132. The summed E-state index contributed by atoms with van der Waals surface area (Å²) >= 11 is 6.02. The maximum Gasteiger partial charge on any atom is 0.167 e. The summed E-state index contributed by atoms with van der Waals surface area (Å²) < 4.78 is 2.01. The zero-order chi connectivity index (χ0) is 14.1. The monoisotopic (exact) mass is 283 g/mol. The van der Waals surface area contributed by atoms with Gasteiger partial charge >= 0.3 is 0 Å². The second kappa shape index (κ2) is 5.14. The Kier molecular flexibility index (Phi) is 3.33. The molecule has 1 aromatic heterocycles. The fraction of sp³-hybridized carbons (Fsp3) is 0.118. The van der Waals surface area contributed by atoms with Crippen LogP contribution in [0.4, 0.5) is 0 Å². The van der Waals surface area contributed by atoms with Gasteiger partial charge in [0, 0.05) is 41.2 Å². The fourth-order valence-electron chi connectivity index (χ4n) is 2.48. The Hall–Kier alpha value is -2.06. The van der Waals surface area contributed by atoms with Crippen molar-refractivity contribution in [3.8, 4) is 0 Å². The number of aryl methyl sites for hydroxylation is 1. The van der Waals surface area contributed by atoms with Gasteiger partial charge in [-0.2, -0.15) is 0 Å². The number of hydrogen-bond donors (Lipinski definition) is 0. The average Bonchev–Trinajstić information content (AvgIpc) is 2.76. The van der Waals surface area contributed by atoms with Crippen molar-refractivity contribution in [2.45, 2.75) is 6.42 Å². The molecule has 1 heterocycles. The van der Waals surface area contributed by atoms with Crippen molar-refractivity contribution in [1.82, 2.24) is 4.57 Å². The van der Waals surface area contributed by atoms with Crippen molar-refractivity contribution < 1.29 is 4.79 Å². The lowest BCUT2D eigenvalue weighted by Gasteiger charge is -2.00. The Labute approximate surface area is 122 Å². The van der Waals surface area contributed by atoms with Crippen LogP contribution in [0.3, 0.4) is 0 Å². The summed E-state index contributed by atoms with van der Waals surface area (Å²) in [6.07, 6.45) is 2.41. The molecule has 0 saturated heterocycles. The van der Waals surface area contributed by atoms with E-state index in [4.69, 9.17) is 11.6 Å². The third-order valence-electron chi connectivity index (χ3n) is 3.48. The van der Waals surface area contributed by atoms with Crippen LogP contribution in [0.25, 0.3) is 10.9 Å². The largest absolute Gasteiger partial charge is 0.350 e. The number of hydrogen-bond acceptors (Lipinski definition) is 1. The van der Waals surface area contributed by atoms with Crippen molar-refractivity contribution in [2.24, 2.45) is 7.05 Å². The van der Waals surface area contributed by atoms with Crippen LogP contribution in [-0.4, -0.2) is 10.4 Å². The summed E-state index contributed by atoms with van der Waals surface area (Å²) in [5, 5.41) is 1.79. The zero-order valence-electron chi connectivity index (χ0n) is 11.1. The van der Waals surface area contributed by atoms with Gasteiger partial charge in [-0.1, -0.05) is 48.0 Å². The summed E-state index contributed by atoms with van der Waals surface area (Å²) in [4.78, 5) is 12.3. The number of ketones is 1. The van der Waals surface area contributed by atoms with E-state index in [1.807, 2.05) is 66.3 Å². The normalized spacial score (nSPS) is 10.9. The van der Waals surface area contributed by atoms with Crippen molar-refractivity contribution >= 4 is 28.3 Å². The lowest BCUT2D eigenvalue weighted by Crippen LogP contribution is -2.02. The van der Waals surface area contributed by atoms with Crippen LogP contribution in [0, 0.1) is 0 Å². The Morgan fingerprint density at radius 2 is 1.90 bits per heavy atom. The fourth-order valence-corrected chi connectivity index (χ4v) is 2.65. The van der Waals surface area contributed by atoms with Gasteiger partial charge in [-0.05, 0) is 17.7 Å². The van der Waals surface area contributed by atoms with Crippen LogP contribution < -0.4 is 0 Å². The highest BCUT2D eigenvalue weighted by Gasteiger charge is 2.12. The van der Waals surface area contributed by atoms with Crippen LogP contribution in [0.2, 0.25) is 5.02 Å². The summed E-state index contributed by atoms with van der Waals surface area (Å²) in [6.45, 7) is 0. The van der Waals surface area contributed by atoms with E-state index < -0.39 is 0 Å². The van der Waals surface area contributed by atoms with Crippen molar-refractivity contribution in [3.63, 3.8) is 0 Å². The van der Waals surface area contributed by atoms with Gasteiger partial charge < -0.3 is 4.57 Å². The minimum atomic E-state index is 0.132. The minimum Gasteiger partial charge on any atom is -0.350 e. The summed E-state index contributed by atoms with van der Waals surface area (Å²) in [7, 11) is 1.97. The van der Waals surface area contributed by atoms with Crippen molar-refractivity contribution in [2.75, 3.05) is 0 Å². The van der Waals surface area contributed by atoms with E-state index in [9.17, 15) is 4.79 Å². The SMILES string of the molecule is Cn1cc(CC(=O)c2ccccc2)c2ccc(Cl)cc21. The highest BCUT2D eigenvalue weighted by Crippen LogP contribution is 2.25. The van der Waals surface area contributed by atoms with E-state index in [0.717, 1.165) is 22.0 Å². The highest BCUT2D eigenvalue weighted by atomic mass is 35.5. The van der Waals surface area contributed by atoms with Gasteiger partial charge in [-0.3, -0.25) is 4.79 Å². The molecule has 3 aromatic rings. The minimum absolute atomic E-state index is 0.132. The molecule has 0 bridgehead atoms. The van der Waals surface area contributed by atoms with Crippen LogP contribution in [0.1, 0.15) is 15.9 Å². The molecule has 0 amide bonds. The molecule has 3 rings (SSSR count). The number of rotatable bonds is 3. The van der Waals surface area contributed by atoms with E-state index >= 15 is 0 Å². The number of halogens is 1. The molecule has 2 aromatic carbocycles. The maximum absolute atomic E-state index is 12.3. The van der Waals surface area contributed by atoms with E-state index in [0.29, 0.717) is 11.4 Å². The molecule has 0 aliphatic carbocycles. The number of fused-ring (bicyclic) bond motifs is 1. The van der Waals surface area contributed by atoms with E-state index in [1.165, 1.54) is 0 Å². The molecule has 0 atom stereocenters. The lowest BCUT2D eigenvalue weighted by molar-refractivity contribution is 0.0993. The molecule has 0 aliphatic rings. The van der Waals surface area contributed by atoms with E-state index in [2.05, 4.69) is 0 Å². The average molecular weight is 284 g/mol. The quantitative estimate of drug-likeness (QED) is 0.659. The first-order chi connectivity index (χ1) is 9.65. The molecular weight excluding hydrogens is 270 g/mol. The predicted octanol–water partition coefficient (Wildman–Crippen LogP) is 4.26. The highest BCUT2D eigenvalue weighted by molar-refractivity contribution is 6.31. The Morgan fingerprint density at radius 1 is 1.15 bits per heavy atom. The maximum atomic E-state index is 12.3. The smallest absolute Gasteiger partial charge is 0.167 e. The number of carbonyl (C=O) groups is 1. The molecule has 100 valence electrons. The lowest BCUT2D eigenvalue weighted by atomic mass is 10.0. The number of benzene rings is 2. The zero-order valence-corrected chi connectivity index (χ0v) is 11.9. The van der Waals surface area contributed by atoms with Gasteiger partial charge in [-0.25, -0.2) is 0 Å². The molecular formula is C17H14ClNO. The van der Waals surface area contributed by atoms with Gasteiger partial charge in [0.05, 0.1) is 0 Å². The summed E-state index contributed by atoms with van der Waals surface area (Å²) in [6, 6.07) is 15.1. The molecule has 20 heavy (non-hydrogen) atoms. The molecule has 0 saturated carbocycles. The third kappa shape index (κ3) is 2.35. The van der Waals surface area contributed by atoms with Gasteiger partial charge in [0.2, 0.25) is 0 Å². The van der Waals surface area contributed by atoms with Crippen molar-refractivity contribution in [3.05, 3.63) is 70.9 Å². The Bertz CT molecular complexity index is 774. The summed E-state index contributed by atoms with van der Waals surface area (Å²) in [5.41, 5.74) is 2.83. The first kappa shape index (κ1) is 12.9. The molecule has 0 radical (unpaired) electrons. The second-order valence-electron chi connectivity index (χ2n) is 4.89. The van der Waals surface area contributed by atoms with Gasteiger partial charge in [-0.15, -0.1) is 0 Å². The van der Waals surface area contributed by atoms with Gasteiger partial charge in [0.1, 0.15) is 0 Å². The first-order valence-corrected chi connectivity index (χ1v) is 6.84. The van der Waals surface area contributed by atoms with Gasteiger partial charge in [0.25, 0.3) is 0 Å². The van der Waals surface area contributed by atoms with E-state index in [-0.39, 0.29) is 5.78 Å². The molecule has 3 heteroatoms. The molecule has 0 spiro atoms. The Balaban J connectivity index is 1.98. The molecule has 0 fully saturated rings. The van der Waals surface area contributed by atoms with Crippen LogP contribution >= 0.6 is 11.6 Å². The molecule has 0 N–H and O–H groups in total. The second-order valence-corrected chi connectivity index (χ2v) is 5.33. The van der Waals surface area contributed by atoms with Crippen molar-refractivity contribution in [1.29, 1.82) is 0 Å². The molecule has 0 unspecified atom stereocenters. The Morgan fingerprint density at radius 3 is 2.65 bits per heavy atom. The number of carbonyl (C=O) groups excluding carboxylic acids is 1. The predicted molar refractivity (Wildman–Crippen MR) is 82.4 cm³/mol. The number of nitrogens with zero attached hydrogens (tertiary/aromatic N) is 1. The van der Waals surface area contributed by atoms with Crippen LogP contribution in [0.15, 0.2) is 54.7 Å². The van der Waals surface area contributed by atoms with Gasteiger partial charge in [0.15, 0.2) is 5.78 Å².